The quantitative estimate of drug-likeness (QED) is 0.514. The summed E-state index contributed by atoms with van der Waals surface area (Å²) in [7, 11) is 1.31. The largest absolute Gasteiger partial charge is 0.244 e. The fourth-order valence-corrected chi connectivity index (χ4v) is 1.05. The van der Waals surface area contributed by atoms with E-state index in [9.17, 15) is 0 Å². The molecule has 1 aromatic rings. The highest BCUT2D eigenvalue weighted by Crippen LogP contribution is 2.19. The number of hydrogen-bond donors (Lipinski definition) is 1. The van der Waals surface area contributed by atoms with E-state index < -0.39 is 0 Å². The lowest BCUT2D eigenvalue weighted by Gasteiger charge is -1.90. The molecule has 10 heavy (non-hydrogen) atoms. The highest BCUT2D eigenvalue weighted by Gasteiger charge is 1.91. The Kier molecular flexibility index (Phi) is 2.60. The molecule has 0 saturated heterocycles. The van der Waals surface area contributed by atoms with Gasteiger partial charge in [0.1, 0.15) is 11.8 Å². The van der Waals surface area contributed by atoms with Crippen LogP contribution in [0.2, 0.25) is 0 Å². The highest BCUT2D eigenvalue weighted by molar-refractivity contribution is 8.68. The molecule has 0 saturated carbocycles. The Morgan fingerprint density at radius 1 is 1.60 bits per heavy atom. The van der Waals surface area contributed by atoms with Gasteiger partial charge in [0.05, 0.1) is 0 Å². The number of hydrogen-bond acceptors (Lipinski definition) is 4. The van der Waals surface area contributed by atoms with Gasteiger partial charge in [-0.3, -0.25) is 0 Å². The van der Waals surface area contributed by atoms with Crippen molar-refractivity contribution in [1.29, 1.82) is 5.26 Å². The van der Waals surface area contributed by atoms with Crippen LogP contribution < -0.4 is 0 Å². The molecule has 0 bridgehead atoms. The molecule has 2 nitrogen and oxygen atoms in total. The van der Waals surface area contributed by atoms with E-state index >= 15 is 0 Å². The fourth-order valence-electron chi connectivity index (χ4n) is 0.500. The van der Waals surface area contributed by atoms with E-state index in [0.717, 1.165) is 4.90 Å². The van der Waals surface area contributed by atoms with Gasteiger partial charge in [-0.1, -0.05) is 10.8 Å². The van der Waals surface area contributed by atoms with Gasteiger partial charge in [0.2, 0.25) is 0 Å². The topological polar surface area (TPSA) is 36.7 Å². The minimum Gasteiger partial charge on any atom is -0.244 e. The third kappa shape index (κ3) is 1.66. The Hall–Kier alpha value is -0.660. The maximum atomic E-state index is 8.36. The van der Waals surface area contributed by atoms with E-state index in [-0.39, 0.29) is 0 Å². The zero-order chi connectivity index (χ0) is 7.40. The van der Waals surface area contributed by atoms with Crippen molar-refractivity contribution >= 4 is 22.5 Å². The van der Waals surface area contributed by atoms with Crippen molar-refractivity contribution in [1.82, 2.24) is 4.98 Å². The maximum Gasteiger partial charge on any atom is 0.140 e. The Bertz CT molecular complexity index is 249. The third-order valence-electron chi connectivity index (χ3n) is 0.956. The van der Waals surface area contributed by atoms with Crippen molar-refractivity contribution < 1.29 is 0 Å². The van der Waals surface area contributed by atoms with Crippen LogP contribution in [0.4, 0.5) is 0 Å². The number of nitriles is 1. The van der Waals surface area contributed by atoms with Gasteiger partial charge in [-0.05, 0) is 12.1 Å². The molecule has 1 aromatic heterocycles. The molecule has 0 aromatic carbocycles. The summed E-state index contributed by atoms with van der Waals surface area (Å²) < 4.78 is 0. The summed E-state index contributed by atoms with van der Waals surface area (Å²) in [5.74, 6) is 0. The van der Waals surface area contributed by atoms with Crippen LogP contribution in [0.15, 0.2) is 23.2 Å². The van der Waals surface area contributed by atoms with Crippen LogP contribution in [0.5, 0.6) is 0 Å². The summed E-state index contributed by atoms with van der Waals surface area (Å²) >= 11 is 3.97. The molecular formula is C6H4N2S2. The zero-order valence-corrected chi connectivity index (χ0v) is 6.69. The Balaban J connectivity index is 2.93. The number of aromatic nitrogens is 1. The minimum absolute atomic E-state index is 0.436. The maximum absolute atomic E-state index is 8.36. The molecule has 0 amide bonds. The molecule has 0 aliphatic rings. The summed E-state index contributed by atoms with van der Waals surface area (Å²) in [4.78, 5) is 4.78. The van der Waals surface area contributed by atoms with E-state index in [4.69, 9.17) is 5.26 Å². The normalized spacial score (nSPS) is 8.80. The second kappa shape index (κ2) is 3.49. The minimum atomic E-state index is 0.436. The van der Waals surface area contributed by atoms with Crippen molar-refractivity contribution in [2.24, 2.45) is 0 Å². The first-order chi connectivity index (χ1) is 4.86. The summed E-state index contributed by atoms with van der Waals surface area (Å²) in [6.45, 7) is 0. The van der Waals surface area contributed by atoms with Crippen LogP contribution in [0.25, 0.3) is 0 Å². The molecule has 0 aliphatic heterocycles. The van der Waals surface area contributed by atoms with Crippen molar-refractivity contribution in [3.8, 4) is 6.07 Å². The molecular weight excluding hydrogens is 164 g/mol. The van der Waals surface area contributed by atoms with Crippen LogP contribution in [0.1, 0.15) is 5.69 Å². The lowest BCUT2D eigenvalue weighted by Crippen LogP contribution is -1.79. The SMILES string of the molecule is N#Cc1ccc(SS)cn1. The predicted octanol–water partition coefficient (Wildman–Crippen LogP) is 1.89. The number of pyridine rings is 1. The molecule has 0 atom stereocenters. The summed E-state index contributed by atoms with van der Waals surface area (Å²) in [6.07, 6.45) is 1.62. The van der Waals surface area contributed by atoms with Crippen molar-refractivity contribution in [2.75, 3.05) is 0 Å². The number of nitrogens with zero attached hydrogens (tertiary/aromatic N) is 2. The van der Waals surface area contributed by atoms with Crippen molar-refractivity contribution in [3.63, 3.8) is 0 Å². The first-order valence-electron chi connectivity index (χ1n) is 2.54. The fraction of sp³-hybridized carbons (Fsp3) is 0. The van der Waals surface area contributed by atoms with Crippen LogP contribution in [-0.2, 0) is 0 Å². The molecule has 0 aliphatic carbocycles. The Labute approximate surface area is 68.1 Å². The zero-order valence-electron chi connectivity index (χ0n) is 4.98. The van der Waals surface area contributed by atoms with Crippen LogP contribution in [0.3, 0.4) is 0 Å². The van der Waals surface area contributed by atoms with Gasteiger partial charge in [-0.2, -0.15) is 5.26 Å². The van der Waals surface area contributed by atoms with E-state index in [1.165, 1.54) is 10.8 Å². The van der Waals surface area contributed by atoms with Crippen LogP contribution >= 0.6 is 22.5 Å². The lowest BCUT2D eigenvalue weighted by molar-refractivity contribution is 1.20. The van der Waals surface area contributed by atoms with Gasteiger partial charge < -0.3 is 0 Å². The van der Waals surface area contributed by atoms with Crippen molar-refractivity contribution in [2.45, 2.75) is 4.90 Å². The van der Waals surface area contributed by atoms with Gasteiger partial charge in [-0.15, -0.1) is 11.7 Å². The smallest absolute Gasteiger partial charge is 0.140 e. The number of thiol groups is 1. The molecule has 0 fully saturated rings. The van der Waals surface area contributed by atoms with Crippen LogP contribution in [0, 0.1) is 11.3 Å². The molecule has 0 spiro atoms. The molecule has 0 unspecified atom stereocenters. The Morgan fingerprint density at radius 2 is 2.40 bits per heavy atom. The van der Waals surface area contributed by atoms with Gasteiger partial charge in [0, 0.05) is 11.1 Å². The van der Waals surface area contributed by atoms with E-state index in [1.807, 2.05) is 12.1 Å². The van der Waals surface area contributed by atoms with E-state index in [1.54, 1.807) is 12.3 Å². The summed E-state index contributed by atoms with van der Waals surface area (Å²) in [5.41, 5.74) is 0.436. The highest BCUT2D eigenvalue weighted by atomic mass is 33.1. The van der Waals surface area contributed by atoms with Gasteiger partial charge in [-0.25, -0.2) is 4.98 Å². The monoisotopic (exact) mass is 168 g/mol. The average molecular weight is 168 g/mol. The lowest BCUT2D eigenvalue weighted by atomic mass is 10.4. The molecule has 4 heteroatoms. The van der Waals surface area contributed by atoms with Gasteiger partial charge >= 0.3 is 0 Å². The number of rotatable bonds is 1. The summed E-state index contributed by atoms with van der Waals surface area (Å²) in [6, 6.07) is 5.41. The molecule has 50 valence electrons. The molecule has 1 rings (SSSR count). The van der Waals surface area contributed by atoms with Gasteiger partial charge in [0.15, 0.2) is 0 Å². The standard InChI is InChI=1S/C6H4N2S2/c7-3-5-1-2-6(10-9)4-8-5/h1-2,4,9H. The molecule has 1 heterocycles. The van der Waals surface area contributed by atoms with Crippen LogP contribution in [-0.4, -0.2) is 4.98 Å². The van der Waals surface area contributed by atoms with E-state index in [2.05, 4.69) is 16.6 Å². The molecule has 0 radical (unpaired) electrons. The third-order valence-corrected chi connectivity index (χ3v) is 2.04. The summed E-state index contributed by atoms with van der Waals surface area (Å²) in [5, 5.41) is 8.36. The second-order valence-electron chi connectivity index (χ2n) is 1.58. The van der Waals surface area contributed by atoms with E-state index in [0.29, 0.717) is 5.69 Å². The predicted molar refractivity (Wildman–Crippen MR) is 43.8 cm³/mol. The first kappa shape index (κ1) is 7.45. The first-order valence-corrected chi connectivity index (χ1v) is 4.41. The Morgan fingerprint density at radius 3 is 2.80 bits per heavy atom. The molecule has 0 N–H and O–H groups in total. The average Bonchev–Trinajstić information content (AvgIpc) is 2.05. The second-order valence-corrected chi connectivity index (χ2v) is 2.78. The van der Waals surface area contributed by atoms with Crippen molar-refractivity contribution in [3.05, 3.63) is 24.0 Å². The van der Waals surface area contributed by atoms with Gasteiger partial charge in [0.25, 0.3) is 0 Å².